The lowest BCUT2D eigenvalue weighted by Gasteiger charge is -2.09. The van der Waals surface area contributed by atoms with E-state index in [1.165, 1.54) is 32.7 Å². The van der Waals surface area contributed by atoms with E-state index in [0.717, 1.165) is 0 Å². The van der Waals surface area contributed by atoms with Gasteiger partial charge in [-0.1, -0.05) is 98.8 Å². The van der Waals surface area contributed by atoms with Crippen LogP contribution in [-0.2, 0) is 0 Å². The molecular formula is C22H20. The smallest absolute Gasteiger partial charge is 0.00990 e. The first-order chi connectivity index (χ1) is 10.9. The highest BCUT2D eigenvalue weighted by atomic mass is 14.1. The van der Waals surface area contributed by atoms with Crippen molar-refractivity contribution in [1.29, 1.82) is 0 Å². The van der Waals surface area contributed by atoms with Gasteiger partial charge in [0, 0.05) is 0 Å². The van der Waals surface area contributed by atoms with Gasteiger partial charge in [0.05, 0.1) is 0 Å². The molecule has 0 aliphatic rings. The number of rotatable bonds is 1. The molecule has 0 bridgehead atoms. The molecule has 0 saturated carbocycles. The van der Waals surface area contributed by atoms with E-state index in [1.54, 1.807) is 0 Å². The van der Waals surface area contributed by atoms with Crippen LogP contribution in [0.2, 0.25) is 0 Å². The summed E-state index contributed by atoms with van der Waals surface area (Å²) in [5, 5.41) is 5.26. The van der Waals surface area contributed by atoms with Crippen molar-refractivity contribution < 1.29 is 0 Å². The third-order valence-corrected chi connectivity index (χ3v) is 3.87. The minimum Gasteiger partial charge on any atom is -0.0683 e. The Labute approximate surface area is 132 Å². The van der Waals surface area contributed by atoms with Gasteiger partial charge in [-0.3, -0.25) is 0 Å². The van der Waals surface area contributed by atoms with E-state index in [9.17, 15) is 0 Å². The first-order valence-electron chi connectivity index (χ1n) is 7.89. The van der Waals surface area contributed by atoms with Crippen molar-refractivity contribution in [2.24, 2.45) is 0 Å². The summed E-state index contributed by atoms with van der Waals surface area (Å²) in [6.45, 7) is 4.00. The summed E-state index contributed by atoms with van der Waals surface area (Å²) in [7, 11) is 0. The Balaban J connectivity index is 0.000000693. The molecule has 0 atom stereocenters. The van der Waals surface area contributed by atoms with Crippen molar-refractivity contribution in [2.75, 3.05) is 0 Å². The molecular weight excluding hydrogens is 264 g/mol. The minimum absolute atomic E-state index is 1.27. The van der Waals surface area contributed by atoms with Crippen LogP contribution in [0.3, 0.4) is 0 Å². The molecule has 0 nitrogen and oxygen atoms in total. The van der Waals surface area contributed by atoms with Crippen molar-refractivity contribution in [1.82, 2.24) is 0 Å². The monoisotopic (exact) mass is 284 g/mol. The third kappa shape index (κ3) is 2.48. The Morgan fingerprint density at radius 1 is 0.455 bits per heavy atom. The van der Waals surface area contributed by atoms with Gasteiger partial charge in [-0.2, -0.15) is 0 Å². The number of fused-ring (bicyclic) bond motifs is 3. The Morgan fingerprint density at radius 3 is 1.95 bits per heavy atom. The molecule has 0 N–H and O–H groups in total. The quantitative estimate of drug-likeness (QED) is 0.342. The van der Waals surface area contributed by atoms with Gasteiger partial charge in [0.25, 0.3) is 0 Å². The van der Waals surface area contributed by atoms with Crippen molar-refractivity contribution in [3.05, 3.63) is 84.9 Å². The second-order valence-corrected chi connectivity index (χ2v) is 5.05. The van der Waals surface area contributed by atoms with Crippen molar-refractivity contribution in [3.63, 3.8) is 0 Å². The van der Waals surface area contributed by atoms with E-state index >= 15 is 0 Å². The predicted molar refractivity (Wildman–Crippen MR) is 98.2 cm³/mol. The number of hydrogen-bond acceptors (Lipinski definition) is 0. The highest BCUT2D eigenvalue weighted by molar-refractivity contribution is 6.11. The average Bonchev–Trinajstić information content (AvgIpc) is 2.63. The summed E-state index contributed by atoms with van der Waals surface area (Å²) in [5.41, 5.74) is 2.57. The van der Waals surface area contributed by atoms with Crippen LogP contribution in [0.5, 0.6) is 0 Å². The molecule has 0 spiro atoms. The van der Waals surface area contributed by atoms with Crippen LogP contribution in [0.25, 0.3) is 32.7 Å². The molecule has 4 rings (SSSR count). The van der Waals surface area contributed by atoms with Crippen LogP contribution in [0.1, 0.15) is 13.8 Å². The molecule has 22 heavy (non-hydrogen) atoms. The second kappa shape index (κ2) is 6.44. The minimum atomic E-state index is 1.27. The zero-order valence-electron chi connectivity index (χ0n) is 13.1. The highest BCUT2D eigenvalue weighted by Crippen LogP contribution is 2.32. The molecule has 4 aromatic carbocycles. The fraction of sp³-hybridized carbons (Fsp3) is 0.0909. The fourth-order valence-corrected chi connectivity index (χ4v) is 2.91. The summed E-state index contributed by atoms with van der Waals surface area (Å²) in [6.07, 6.45) is 0. The summed E-state index contributed by atoms with van der Waals surface area (Å²) >= 11 is 0. The molecule has 0 amide bonds. The molecule has 108 valence electrons. The van der Waals surface area contributed by atoms with E-state index < -0.39 is 0 Å². The molecule has 0 aliphatic carbocycles. The van der Waals surface area contributed by atoms with Crippen LogP contribution >= 0.6 is 0 Å². The van der Waals surface area contributed by atoms with Gasteiger partial charge in [-0.15, -0.1) is 0 Å². The van der Waals surface area contributed by atoms with Gasteiger partial charge in [-0.25, -0.2) is 0 Å². The molecule has 4 aromatic rings. The summed E-state index contributed by atoms with van der Waals surface area (Å²) in [4.78, 5) is 0. The maximum atomic E-state index is 2.24. The maximum Gasteiger partial charge on any atom is -0.00990 e. The molecule has 0 unspecified atom stereocenters. The van der Waals surface area contributed by atoms with E-state index in [4.69, 9.17) is 0 Å². The molecule has 0 radical (unpaired) electrons. The molecule has 0 saturated heterocycles. The topological polar surface area (TPSA) is 0 Å². The van der Waals surface area contributed by atoms with Crippen LogP contribution in [-0.4, -0.2) is 0 Å². The fourth-order valence-electron chi connectivity index (χ4n) is 2.91. The normalized spacial score (nSPS) is 10.3. The lowest BCUT2D eigenvalue weighted by Crippen LogP contribution is -1.82. The lowest BCUT2D eigenvalue weighted by atomic mass is 9.95. The van der Waals surface area contributed by atoms with Crippen LogP contribution in [0.4, 0.5) is 0 Å². The van der Waals surface area contributed by atoms with E-state index in [0.29, 0.717) is 0 Å². The van der Waals surface area contributed by atoms with Crippen molar-refractivity contribution in [2.45, 2.75) is 13.8 Å². The van der Waals surface area contributed by atoms with Gasteiger partial charge in [0.15, 0.2) is 0 Å². The third-order valence-electron chi connectivity index (χ3n) is 3.87. The van der Waals surface area contributed by atoms with E-state index in [1.807, 2.05) is 13.8 Å². The maximum absolute atomic E-state index is 2.24. The molecule has 0 heterocycles. The van der Waals surface area contributed by atoms with Crippen LogP contribution in [0, 0.1) is 0 Å². The highest BCUT2D eigenvalue weighted by Gasteiger charge is 2.05. The Morgan fingerprint density at radius 2 is 1.14 bits per heavy atom. The Hall–Kier alpha value is -2.60. The largest absolute Gasteiger partial charge is 0.0683 e. The first-order valence-corrected chi connectivity index (χ1v) is 7.89. The zero-order valence-corrected chi connectivity index (χ0v) is 13.1. The number of benzene rings is 4. The standard InChI is InChI=1S/C20H14.C2H6/c1-2-7-15(8-3-1)18-11-6-12-19-17-10-5-4-9-16(17)13-14-20(18)19;1-2/h1-14H;1-2H3. The van der Waals surface area contributed by atoms with E-state index in [2.05, 4.69) is 84.9 Å². The van der Waals surface area contributed by atoms with Gasteiger partial charge in [-0.05, 0) is 32.7 Å². The Bertz CT molecular complexity index is 889. The lowest BCUT2D eigenvalue weighted by molar-refractivity contribution is 1.50. The van der Waals surface area contributed by atoms with Crippen LogP contribution in [0.15, 0.2) is 84.9 Å². The average molecular weight is 284 g/mol. The van der Waals surface area contributed by atoms with Gasteiger partial charge < -0.3 is 0 Å². The van der Waals surface area contributed by atoms with Crippen molar-refractivity contribution in [3.8, 4) is 11.1 Å². The van der Waals surface area contributed by atoms with Gasteiger partial charge in [0.1, 0.15) is 0 Å². The molecule has 0 heteroatoms. The number of hydrogen-bond donors (Lipinski definition) is 0. The van der Waals surface area contributed by atoms with Gasteiger partial charge in [0.2, 0.25) is 0 Å². The zero-order chi connectivity index (χ0) is 15.4. The summed E-state index contributed by atoms with van der Waals surface area (Å²) in [5.74, 6) is 0. The molecule has 0 aliphatic heterocycles. The summed E-state index contributed by atoms with van der Waals surface area (Å²) < 4.78 is 0. The molecule has 0 fully saturated rings. The van der Waals surface area contributed by atoms with Gasteiger partial charge >= 0.3 is 0 Å². The Kier molecular flexibility index (Phi) is 4.20. The molecule has 0 aromatic heterocycles. The SMILES string of the molecule is CC.c1ccc(-c2cccc3c2ccc2ccccc23)cc1. The second-order valence-electron chi connectivity index (χ2n) is 5.05. The van der Waals surface area contributed by atoms with Crippen LogP contribution < -0.4 is 0 Å². The van der Waals surface area contributed by atoms with Crippen molar-refractivity contribution >= 4 is 21.5 Å². The first kappa shape index (κ1) is 14.3. The van der Waals surface area contributed by atoms with E-state index in [-0.39, 0.29) is 0 Å². The predicted octanol–water partition coefficient (Wildman–Crippen LogP) is 6.69. The summed E-state index contributed by atoms with van der Waals surface area (Å²) in [6, 6.07) is 30.2.